The molecule has 1 aliphatic rings. The second-order valence-corrected chi connectivity index (χ2v) is 8.83. The maximum Gasteiger partial charge on any atom is 0.229 e. The van der Waals surface area contributed by atoms with Crippen LogP contribution in [0.2, 0.25) is 5.02 Å². The van der Waals surface area contributed by atoms with Gasteiger partial charge in [-0.15, -0.1) is 0 Å². The molecule has 2 N–H and O–H groups in total. The van der Waals surface area contributed by atoms with E-state index in [4.69, 9.17) is 22.4 Å². The summed E-state index contributed by atoms with van der Waals surface area (Å²) >= 11 is 5.98. The van der Waals surface area contributed by atoms with Gasteiger partial charge in [0.2, 0.25) is 5.62 Å². The van der Waals surface area contributed by atoms with Crippen LogP contribution in [0.3, 0.4) is 0 Å². The lowest BCUT2D eigenvalue weighted by Crippen LogP contribution is -2.26. The Bertz CT molecular complexity index is 1550. The van der Waals surface area contributed by atoms with Gasteiger partial charge in [-0.1, -0.05) is 48.0 Å². The lowest BCUT2D eigenvalue weighted by atomic mass is 9.95. The molecule has 0 radical (unpaired) electrons. The smallest absolute Gasteiger partial charge is 0.229 e. The van der Waals surface area contributed by atoms with Crippen molar-refractivity contribution in [1.29, 1.82) is 16.1 Å². The van der Waals surface area contributed by atoms with Gasteiger partial charge in [-0.25, -0.2) is 4.39 Å². The number of benzene rings is 3. The fourth-order valence-electron chi connectivity index (χ4n) is 4.22. The number of halogens is 2. The maximum atomic E-state index is 14.4. The first-order valence-electron chi connectivity index (χ1n) is 10.7. The summed E-state index contributed by atoms with van der Waals surface area (Å²) < 4.78 is 15.6. The third kappa shape index (κ3) is 3.53. The van der Waals surface area contributed by atoms with Crippen molar-refractivity contribution >= 4 is 40.3 Å². The number of fused-ring (bicyclic) bond motifs is 1. The Morgan fingerprint density at radius 3 is 2.53 bits per heavy atom. The number of nitriles is 1. The van der Waals surface area contributed by atoms with Crippen molar-refractivity contribution in [3.8, 4) is 17.2 Å². The Hall–Kier alpha value is -4.02. The summed E-state index contributed by atoms with van der Waals surface area (Å²) in [5.74, 6) is -0.217. The van der Waals surface area contributed by atoms with Crippen molar-refractivity contribution < 1.29 is 4.39 Å². The Kier molecular flexibility index (Phi) is 5.18. The SMILES string of the molecule is CN(c1cccc(-c2ccc(C3(C#N)CC3)cc2)c1)c1nc(=N)n(C=N)c2cc(Cl)c(F)cc12. The first kappa shape index (κ1) is 21.8. The van der Waals surface area contributed by atoms with Gasteiger partial charge in [0.15, 0.2) is 0 Å². The molecule has 0 bridgehead atoms. The highest BCUT2D eigenvalue weighted by molar-refractivity contribution is 6.31. The van der Waals surface area contributed by atoms with Gasteiger partial charge in [-0.2, -0.15) is 10.2 Å². The summed E-state index contributed by atoms with van der Waals surface area (Å²) in [5, 5.41) is 25.7. The number of anilines is 2. The molecule has 0 aliphatic heterocycles. The van der Waals surface area contributed by atoms with E-state index in [1.165, 1.54) is 16.7 Å². The molecule has 4 aromatic rings. The van der Waals surface area contributed by atoms with Crippen LogP contribution in [0.4, 0.5) is 15.9 Å². The van der Waals surface area contributed by atoms with E-state index in [1.807, 2.05) is 48.5 Å². The number of nitrogens with zero attached hydrogens (tertiary/aromatic N) is 4. The molecule has 0 amide bonds. The molecule has 1 heterocycles. The average molecular weight is 471 g/mol. The standard InChI is InChI=1S/C26H20ClFN6/c1-33(24-20-12-22(28)21(27)13-23(20)34(15-30)25(31)32-24)19-4-2-3-17(11-19)16-5-7-18(8-6-16)26(14-29)9-10-26/h2-8,11-13,15,30-31H,9-10H2,1H3. The Balaban J connectivity index is 1.57. The van der Waals surface area contributed by atoms with Crippen LogP contribution in [0.15, 0.2) is 60.7 Å². The fourth-order valence-corrected chi connectivity index (χ4v) is 4.38. The van der Waals surface area contributed by atoms with Gasteiger partial charge >= 0.3 is 0 Å². The van der Waals surface area contributed by atoms with Crippen molar-refractivity contribution in [2.24, 2.45) is 0 Å². The minimum Gasteiger partial charge on any atom is -0.329 e. The number of aromatic nitrogens is 2. The quantitative estimate of drug-likeness (QED) is 0.287. The van der Waals surface area contributed by atoms with Crippen LogP contribution in [-0.2, 0) is 5.41 Å². The van der Waals surface area contributed by atoms with Gasteiger partial charge in [0.05, 0.1) is 28.4 Å². The molecule has 0 unspecified atom stereocenters. The average Bonchev–Trinajstić information content (AvgIpc) is 3.66. The van der Waals surface area contributed by atoms with Crippen LogP contribution in [0.25, 0.3) is 22.0 Å². The number of hydrogen-bond acceptors (Lipinski definition) is 5. The molecule has 5 rings (SSSR count). The summed E-state index contributed by atoms with van der Waals surface area (Å²) in [7, 11) is 1.80. The van der Waals surface area contributed by atoms with Crippen molar-refractivity contribution in [1.82, 2.24) is 9.55 Å². The van der Waals surface area contributed by atoms with E-state index in [9.17, 15) is 9.65 Å². The van der Waals surface area contributed by atoms with Crippen molar-refractivity contribution in [3.63, 3.8) is 0 Å². The van der Waals surface area contributed by atoms with E-state index in [-0.39, 0.29) is 16.1 Å². The normalized spacial score (nSPS) is 13.9. The zero-order valence-corrected chi connectivity index (χ0v) is 19.1. The van der Waals surface area contributed by atoms with Gasteiger partial charge in [0.1, 0.15) is 11.6 Å². The predicted octanol–water partition coefficient (Wildman–Crippen LogP) is 5.75. The highest BCUT2D eigenvalue weighted by Gasteiger charge is 2.44. The van der Waals surface area contributed by atoms with E-state index in [2.05, 4.69) is 11.1 Å². The van der Waals surface area contributed by atoms with Gasteiger partial charge in [0.25, 0.3) is 0 Å². The van der Waals surface area contributed by atoms with Crippen LogP contribution in [0, 0.1) is 28.0 Å². The van der Waals surface area contributed by atoms with Crippen LogP contribution >= 0.6 is 11.6 Å². The van der Waals surface area contributed by atoms with E-state index in [0.717, 1.165) is 41.6 Å². The minimum absolute atomic E-state index is 0.0860. The topological polar surface area (TPSA) is 92.6 Å². The van der Waals surface area contributed by atoms with Gasteiger partial charge in [-0.3, -0.25) is 15.4 Å². The summed E-state index contributed by atoms with van der Waals surface area (Å²) in [6.45, 7) is 0. The number of nitrogens with one attached hydrogen (secondary N) is 2. The summed E-state index contributed by atoms with van der Waals surface area (Å²) in [6.07, 6.45) is 2.77. The first-order chi connectivity index (χ1) is 16.4. The Morgan fingerprint density at radius 2 is 1.88 bits per heavy atom. The summed E-state index contributed by atoms with van der Waals surface area (Å²) in [4.78, 5) is 6.13. The van der Waals surface area contributed by atoms with Crippen molar-refractivity contribution in [2.75, 3.05) is 11.9 Å². The van der Waals surface area contributed by atoms with Crippen molar-refractivity contribution in [2.45, 2.75) is 18.3 Å². The highest BCUT2D eigenvalue weighted by Crippen LogP contribution is 2.47. The minimum atomic E-state index is -0.598. The van der Waals surface area contributed by atoms with Gasteiger partial charge in [0, 0.05) is 18.1 Å². The molecule has 1 aliphatic carbocycles. The number of hydrogen-bond donors (Lipinski definition) is 2. The molecular weight excluding hydrogens is 451 g/mol. The fraction of sp³-hybridized carbons (Fsp3) is 0.154. The molecule has 0 saturated heterocycles. The molecule has 1 aromatic heterocycles. The lowest BCUT2D eigenvalue weighted by Gasteiger charge is -2.22. The maximum absolute atomic E-state index is 14.4. The van der Waals surface area contributed by atoms with E-state index < -0.39 is 5.82 Å². The lowest BCUT2D eigenvalue weighted by molar-refractivity contribution is 0.629. The van der Waals surface area contributed by atoms with E-state index in [1.54, 1.807) is 11.9 Å². The van der Waals surface area contributed by atoms with E-state index in [0.29, 0.717) is 16.7 Å². The largest absolute Gasteiger partial charge is 0.329 e. The second-order valence-electron chi connectivity index (χ2n) is 8.42. The molecule has 34 heavy (non-hydrogen) atoms. The van der Waals surface area contributed by atoms with E-state index >= 15 is 0 Å². The van der Waals surface area contributed by atoms with Gasteiger partial charge < -0.3 is 4.90 Å². The third-order valence-corrected chi connectivity index (χ3v) is 6.68. The molecule has 3 aromatic carbocycles. The van der Waals surface area contributed by atoms with Gasteiger partial charge in [-0.05, 0) is 53.8 Å². The monoisotopic (exact) mass is 470 g/mol. The molecule has 168 valence electrons. The molecule has 1 fully saturated rings. The Labute approximate surface area is 200 Å². The molecule has 1 saturated carbocycles. The van der Waals surface area contributed by atoms with Crippen LogP contribution in [0.1, 0.15) is 18.4 Å². The first-order valence-corrected chi connectivity index (χ1v) is 11.1. The summed E-state index contributed by atoms with van der Waals surface area (Å²) in [5.41, 5.74) is 3.78. The molecular formula is C26H20ClFN6. The van der Waals surface area contributed by atoms with Crippen LogP contribution < -0.4 is 10.5 Å². The van der Waals surface area contributed by atoms with Crippen LogP contribution in [0.5, 0.6) is 0 Å². The number of rotatable bonds is 5. The summed E-state index contributed by atoms with van der Waals surface area (Å²) in [6, 6.07) is 21.0. The van der Waals surface area contributed by atoms with Crippen LogP contribution in [-0.4, -0.2) is 22.9 Å². The Morgan fingerprint density at radius 1 is 1.15 bits per heavy atom. The highest BCUT2D eigenvalue weighted by atomic mass is 35.5. The molecule has 8 heteroatoms. The molecule has 6 nitrogen and oxygen atoms in total. The molecule has 0 spiro atoms. The zero-order valence-electron chi connectivity index (χ0n) is 18.3. The molecule has 0 atom stereocenters. The zero-order chi connectivity index (χ0) is 24.0. The predicted molar refractivity (Wildman–Crippen MR) is 131 cm³/mol. The second kappa shape index (κ2) is 8.08. The van der Waals surface area contributed by atoms with Crippen molar-refractivity contribution in [3.05, 3.63) is 82.7 Å². The third-order valence-electron chi connectivity index (χ3n) is 6.39.